The average molecular weight is 432 g/mol. The molecule has 2 heterocycles. The number of nitrogens with zero attached hydrogens (tertiary/aromatic N) is 2. The Hall–Kier alpha value is -2.42. The second-order valence-electron chi connectivity index (χ2n) is 8.48. The number of alkyl carbamates (subject to hydrolysis) is 1. The zero-order chi connectivity index (χ0) is 21.1. The van der Waals surface area contributed by atoms with Crippen LogP contribution in [0.3, 0.4) is 0 Å². The van der Waals surface area contributed by atoms with Gasteiger partial charge in [-0.1, -0.05) is 13.3 Å². The molecule has 0 aliphatic heterocycles. The van der Waals surface area contributed by atoms with E-state index in [2.05, 4.69) is 32.7 Å². The highest BCUT2D eigenvalue weighted by Gasteiger charge is 2.31. The van der Waals surface area contributed by atoms with Crippen molar-refractivity contribution in [2.24, 2.45) is 5.92 Å². The molecule has 30 heavy (non-hydrogen) atoms. The van der Waals surface area contributed by atoms with E-state index in [0.717, 1.165) is 41.3 Å². The molecule has 2 saturated carbocycles. The number of aromatic amines is 1. The lowest BCUT2D eigenvalue weighted by molar-refractivity contribution is -0.115. The van der Waals surface area contributed by atoms with Crippen molar-refractivity contribution in [1.82, 2.24) is 20.5 Å². The molecule has 0 bridgehead atoms. The minimum absolute atomic E-state index is 0.0809. The van der Waals surface area contributed by atoms with Gasteiger partial charge in [0.25, 0.3) is 0 Å². The third-order valence-electron chi connectivity index (χ3n) is 6.13. The van der Waals surface area contributed by atoms with Crippen LogP contribution in [0.1, 0.15) is 66.9 Å². The third kappa shape index (κ3) is 5.19. The number of aromatic nitrogens is 3. The predicted molar refractivity (Wildman–Crippen MR) is 115 cm³/mol. The lowest BCUT2D eigenvalue weighted by atomic mass is 10.0. The molecule has 0 unspecified atom stereocenters. The normalized spacial score (nSPS) is 25.9. The number of hydrogen-bond donors (Lipinski definition) is 3. The molecular weight excluding hydrogens is 402 g/mol. The topological polar surface area (TPSA) is 109 Å². The Morgan fingerprint density at radius 2 is 2.17 bits per heavy atom. The van der Waals surface area contributed by atoms with Crippen LogP contribution in [0.5, 0.6) is 0 Å². The van der Waals surface area contributed by atoms with Crippen LogP contribution in [-0.4, -0.2) is 39.3 Å². The van der Waals surface area contributed by atoms with Crippen LogP contribution in [0.2, 0.25) is 0 Å². The molecule has 2 aromatic rings. The van der Waals surface area contributed by atoms with E-state index in [1.165, 1.54) is 24.2 Å². The monoisotopic (exact) mass is 431 g/mol. The Morgan fingerprint density at radius 3 is 2.90 bits per heavy atom. The first kappa shape index (κ1) is 20.8. The van der Waals surface area contributed by atoms with Gasteiger partial charge in [-0.25, -0.2) is 9.78 Å². The summed E-state index contributed by atoms with van der Waals surface area (Å²) in [4.78, 5) is 29.5. The highest BCUT2D eigenvalue weighted by Crippen LogP contribution is 2.36. The number of hydrogen-bond acceptors (Lipinski definition) is 6. The van der Waals surface area contributed by atoms with Gasteiger partial charge in [0.15, 0.2) is 5.82 Å². The number of thiazole rings is 1. The summed E-state index contributed by atoms with van der Waals surface area (Å²) in [7, 11) is 0. The van der Waals surface area contributed by atoms with Gasteiger partial charge < -0.3 is 15.4 Å². The molecule has 2 aromatic heterocycles. The van der Waals surface area contributed by atoms with E-state index >= 15 is 0 Å². The number of anilines is 1. The van der Waals surface area contributed by atoms with E-state index in [1.807, 2.05) is 13.0 Å². The molecule has 4 atom stereocenters. The molecule has 2 fully saturated rings. The summed E-state index contributed by atoms with van der Waals surface area (Å²) in [5.41, 5.74) is 0.967. The summed E-state index contributed by atoms with van der Waals surface area (Å²) in [6.45, 7) is 4.10. The first-order valence-corrected chi connectivity index (χ1v) is 11.5. The molecule has 2 aliphatic carbocycles. The SMILES string of the molecule is Cc1ncc(CC(=O)Nc2cc([C@H]3CC[C@@H](OC(=O)N[C@H]4CCC[C@H]4C)C3)[nH]n2)s1. The molecule has 8 nitrogen and oxygen atoms in total. The molecule has 2 amide bonds. The number of amides is 2. The molecule has 4 rings (SSSR count). The first-order valence-electron chi connectivity index (χ1n) is 10.7. The zero-order valence-electron chi connectivity index (χ0n) is 17.4. The van der Waals surface area contributed by atoms with E-state index in [-0.39, 0.29) is 30.1 Å². The van der Waals surface area contributed by atoms with Crippen molar-refractivity contribution in [3.8, 4) is 0 Å². The zero-order valence-corrected chi connectivity index (χ0v) is 18.3. The maximum atomic E-state index is 12.2. The van der Waals surface area contributed by atoms with Crippen LogP contribution in [0.4, 0.5) is 10.6 Å². The van der Waals surface area contributed by atoms with Crippen LogP contribution in [0.25, 0.3) is 0 Å². The highest BCUT2D eigenvalue weighted by molar-refractivity contribution is 7.11. The summed E-state index contributed by atoms with van der Waals surface area (Å²) in [5, 5.41) is 14.1. The fourth-order valence-corrected chi connectivity index (χ4v) is 5.26. The quantitative estimate of drug-likeness (QED) is 0.643. The summed E-state index contributed by atoms with van der Waals surface area (Å²) in [6.07, 6.45) is 7.55. The lowest BCUT2D eigenvalue weighted by Crippen LogP contribution is -2.38. The van der Waals surface area contributed by atoms with Gasteiger partial charge in [0.1, 0.15) is 6.10 Å². The summed E-state index contributed by atoms with van der Waals surface area (Å²) in [6, 6.07) is 2.12. The van der Waals surface area contributed by atoms with Gasteiger partial charge in [0, 0.05) is 34.8 Å². The van der Waals surface area contributed by atoms with E-state index in [4.69, 9.17) is 4.74 Å². The molecular formula is C21H29N5O3S. The van der Waals surface area contributed by atoms with Crippen molar-refractivity contribution in [1.29, 1.82) is 0 Å². The summed E-state index contributed by atoms with van der Waals surface area (Å²) in [5.74, 6) is 1.18. The summed E-state index contributed by atoms with van der Waals surface area (Å²) < 4.78 is 5.65. The molecule has 0 spiro atoms. The lowest BCUT2D eigenvalue weighted by Gasteiger charge is -2.19. The smallest absolute Gasteiger partial charge is 0.407 e. The number of H-pyrrole nitrogens is 1. The van der Waals surface area contributed by atoms with Crippen molar-refractivity contribution < 1.29 is 14.3 Å². The van der Waals surface area contributed by atoms with Gasteiger partial charge in [-0.3, -0.25) is 9.89 Å². The van der Waals surface area contributed by atoms with Crippen LogP contribution in [0.15, 0.2) is 12.3 Å². The maximum absolute atomic E-state index is 12.2. The van der Waals surface area contributed by atoms with Gasteiger partial charge in [0.2, 0.25) is 5.91 Å². The van der Waals surface area contributed by atoms with Crippen molar-refractivity contribution in [3.05, 3.63) is 27.8 Å². The Bertz CT molecular complexity index is 895. The van der Waals surface area contributed by atoms with Crippen molar-refractivity contribution >= 4 is 29.2 Å². The molecule has 0 aromatic carbocycles. The Labute approximate surface area is 180 Å². The molecule has 162 valence electrons. The van der Waals surface area contributed by atoms with E-state index < -0.39 is 0 Å². The Kier molecular flexibility index (Phi) is 6.36. The van der Waals surface area contributed by atoms with Gasteiger partial charge in [0.05, 0.1) is 11.4 Å². The fourth-order valence-electron chi connectivity index (χ4n) is 4.47. The first-order chi connectivity index (χ1) is 14.5. The highest BCUT2D eigenvalue weighted by atomic mass is 32.1. The molecule has 0 saturated heterocycles. The minimum atomic E-state index is -0.296. The van der Waals surface area contributed by atoms with Gasteiger partial charge in [-0.05, 0) is 44.9 Å². The molecule has 3 N–H and O–H groups in total. The Morgan fingerprint density at radius 1 is 1.30 bits per heavy atom. The van der Waals surface area contributed by atoms with Crippen molar-refractivity contribution in [2.75, 3.05) is 5.32 Å². The number of nitrogens with one attached hydrogen (secondary N) is 3. The van der Waals surface area contributed by atoms with Crippen LogP contribution < -0.4 is 10.6 Å². The van der Waals surface area contributed by atoms with Crippen molar-refractivity contribution in [3.63, 3.8) is 0 Å². The fraction of sp³-hybridized carbons (Fsp3) is 0.619. The Balaban J connectivity index is 1.24. The predicted octanol–water partition coefficient (Wildman–Crippen LogP) is 3.91. The van der Waals surface area contributed by atoms with E-state index in [1.54, 1.807) is 6.20 Å². The second kappa shape index (κ2) is 9.16. The van der Waals surface area contributed by atoms with Gasteiger partial charge in [-0.15, -0.1) is 11.3 Å². The number of ether oxygens (including phenoxy) is 1. The standard InChI is InChI=1S/C21H29N5O3S/c1-12-4-3-5-17(12)23-21(28)29-15-7-6-14(8-15)18-10-19(26-25-18)24-20(27)9-16-11-22-13(2)30-16/h10-12,14-15,17H,3-9H2,1-2H3,(H,23,28)(H2,24,25,26,27)/t12-,14+,15-,17+/m1/s1. The second-order valence-corrected chi connectivity index (χ2v) is 9.79. The van der Waals surface area contributed by atoms with Crippen molar-refractivity contribution in [2.45, 2.75) is 76.9 Å². The van der Waals surface area contributed by atoms with Gasteiger partial charge in [-0.2, -0.15) is 5.10 Å². The van der Waals surface area contributed by atoms with Crippen LogP contribution in [-0.2, 0) is 16.0 Å². The molecule has 9 heteroatoms. The molecule has 2 aliphatic rings. The summed E-state index contributed by atoms with van der Waals surface area (Å²) >= 11 is 1.52. The van der Waals surface area contributed by atoms with E-state index in [9.17, 15) is 9.59 Å². The van der Waals surface area contributed by atoms with Crippen LogP contribution in [0, 0.1) is 12.8 Å². The largest absolute Gasteiger partial charge is 0.446 e. The number of aryl methyl sites for hydroxylation is 1. The van der Waals surface area contributed by atoms with Crippen LogP contribution >= 0.6 is 11.3 Å². The van der Waals surface area contributed by atoms with E-state index in [0.29, 0.717) is 18.2 Å². The average Bonchev–Trinajstić information content (AvgIpc) is 3.46. The van der Waals surface area contributed by atoms with Gasteiger partial charge >= 0.3 is 6.09 Å². The number of carbonyl (C=O) groups excluding carboxylic acids is 2. The number of rotatable bonds is 6. The third-order valence-corrected chi connectivity index (χ3v) is 7.04. The number of carbonyl (C=O) groups is 2. The minimum Gasteiger partial charge on any atom is -0.446 e. The maximum Gasteiger partial charge on any atom is 0.407 e. The molecule has 0 radical (unpaired) electrons.